The minimum Gasteiger partial charge on any atom is -0.454 e. The average molecular weight is 206 g/mol. The van der Waals surface area contributed by atoms with Crippen LogP contribution in [0, 0.1) is 6.92 Å². The molecule has 1 aliphatic heterocycles. The molecule has 1 heterocycles. The van der Waals surface area contributed by atoms with E-state index >= 15 is 0 Å². The van der Waals surface area contributed by atoms with Gasteiger partial charge in [0.1, 0.15) is 6.29 Å². The molecule has 0 N–H and O–H groups in total. The summed E-state index contributed by atoms with van der Waals surface area (Å²) in [5, 5.41) is 0. The van der Waals surface area contributed by atoms with Gasteiger partial charge in [0, 0.05) is 5.56 Å². The number of Topliss-reactive ketones (excluding diaryl/α,β-unsaturated/α-hetero) is 1. The number of aryl methyl sites for hydroxylation is 1. The number of aldehydes is 1. The standard InChI is InChI=1S/C11H10O4/c1-7-4-10-11(15-6-14-10)5-8(7)9(13)2-3-12/h3-5H,2,6H2,1H3. The van der Waals surface area contributed by atoms with Gasteiger partial charge < -0.3 is 14.3 Å². The molecule has 0 fully saturated rings. The molecule has 0 bridgehead atoms. The number of hydrogen-bond donors (Lipinski definition) is 0. The van der Waals surface area contributed by atoms with E-state index in [4.69, 9.17) is 9.47 Å². The smallest absolute Gasteiger partial charge is 0.231 e. The molecule has 1 aromatic rings. The van der Waals surface area contributed by atoms with Crippen LogP contribution in [0.4, 0.5) is 0 Å². The topological polar surface area (TPSA) is 52.6 Å². The predicted molar refractivity (Wildman–Crippen MR) is 52.3 cm³/mol. The third-order valence-corrected chi connectivity index (χ3v) is 2.29. The van der Waals surface area contributed by atoms with Gasteiger partial charge >= 0.3 is 0 Å². The van der Waals surface area contributed by atoms with Gasteiger partial charge in [0.05, 0.1) is 6.42 Å². The number of carbonyl (C=O) groups excluding carboxylic acids is 2. The van der Waals surface area contributed by atoms with Gasteiger partial charge in [0.25, 0.3) is 0 Å². The molecule has 2 rings (SSSR count). The molecule has 15 heavy (non-hydrogen) atoms. The van der Waals surface area contributed by atoms with Crippen molar-refractivity contribution in [3.63, 3.8) is 0 Å². The Balaban J connectivity index is 2.40. The maximum absolute atomic E-state index is 11.5. The van der Waals surface area contributed by atoms with Crippen LogP contribution >= 0.6 is 0 Å². The average Bonchev–Trinajstić information content (AvgIpc) is 2.63. The van der Waals surface area contributed by atoms with Crippen molar-refractivity contribution in [2.75, 3.05) is 6.79 Å². The summed E-state index contributed by atoms with van der Waals surface area (Å²) in [5.74, 6) is 1.02. The zero-order valence-corrected chi connectivity index (χ0v) is 8.28. The lowest BCUT2D eigenvalue weighted by atomic mass is 10.0. The quantitative estimate of drug-likeness (QED) is 0.427. The Morgan fingerprint density at radius 3 is 2.73 bits per heavy atom. The van der Waals surface area contributed by atoms with E-state index in [0.29, 0.717) is 23.3 Å². The Morgan fingerprint density at radius 1 is 1.40 bits per heavy atom. The summed E-state index contributed by atoms with van der Waals surface area (Å²) in [6.45, 7) is 1.99. The van der Waals surface area contributed by atoms with E-state index in [0.717, 1.165) is 5.56 Å². The minimum atomic E-state index is -0.194. The Kier molecular flexibility index (Phi) is 2.41. The van der Waals surface area contributed by atoms with Crippen LogP contribution in [0.25, 0.3) is 0 Å². The number of ether oxygens (including phenoxy) is 2. The summed E-state index contributed by atoms with van der Waals surface area (Å²) in [6, 6.07) is 3.38. The fourth-order valence-corrected chi connectivity index (χ4v) is 1.53. The normalized spacial score (nSPS) is 12.6. The highest BCUT2D eigenvalue weighted by Gasteiger charge is 2.18. The van der Waals surface area contributed by atoms with Gasteiger partial charge in [-0.25, -0.2) is 0 Å². The second kappa shape index (κ2) is 3.73. The molecule has 0 aromatic heterocycles. The number of fused-ring (bicyclic) bond motifs is 1. The second-order valence-corrected chi connectivity index (χ2v) is 3.31. The summed E-state index contributed by atoms with van der Waals surface area (Å²) < 4.78 is 10.3. The van der Waals surface area contributed by atoms with Crippen LogP contribution < -0.4 is 9.47 Å². The molecule has 4 nitrogen and oxygen atoms in total. The lowest BCUT2D eigenvalue weighted by molar-refractivity contribution is -0.107. The van der Waals surface area contributed by atoms with Gasteiger partial charge in [-0.1, -0.05) is 0 Å². The zero-order chi connectivity index (χ0) is 10.8. The lowest BCUT2D eigenvalue weighted by Crippen LogP contribution is -2.02. The molecule has 1 aliphatic rings. The zero-order valence-electron chi connectivity index (χ0n) is 8.28. The highest BCUT2D eigenvalue weighted by Crippen LogP contribution is 2.34. The van der Waals surface area contributed by atoms with Gasteiger partial charge in [-0.05, 0) is 24.6 Å². The molecule has 1 aromatic carbocycles. The maximum atomic E-state index is 11.5. The van der Waals surface area contributed by atoms with Gasteiger partial charge in [-0.15, -0.1) is 0 Å². The largest absolute Gasteiger partial charge is 0.454 e. The maximum Gasteiger partial charge on any atom is 0.231 e. The Hall–Kier alpha value is -1.84. The highest BCUT2D eigenvalue weighted by molar-refractivity contribution is 6.04. The van der Waals surface area contributed by atoms with E-state index in [1.54, 1.807) is 19.1 Å². The minimum absolute atomic E-state index is 0.0967. The van der Waals surface area contributed by atoms with Crippen LogP contribution in [0.5, 0.6) is 11.5 Å². The number of benzene rings is 1. The molecular weight excluding hydrogens is 196 g/mol. The second-order valence-electron chi connectivity index (χ2n) is 3.31. The third-order valence-electron chi connectivity index (χ3n) is 2.29. The Morgan fingerprint density at radius 2 is 2.07 bits per heavy atom. The summed E-state index contributed by atoms with van der Waals surface area (Å²) in [7, 11) is 0. The van der Waals surface area contributed by atoms with Crippen molar-refractivity contribution in [1.29, 1.82) is 0 Å². The van der Waals surface area contributed by atoms with E-state index in [2.05, 4.69) is 0 Å². The summed E-state index contributed by atoms with van der Waals surface area (Å²) >= 11 is 0. The van der Waals surface area contributed by atoms with Crippen molar-refractivity contribution in [2.24, 2.45) is 0 Å². The van der Waals surface area contributed by atoms with Crippen molar-refractivity contribution in [3.8, 4) is 11.5 Å². The fraction of sp³-hybridized carbons (Fsp3) is 0.273. The number of ketones is 1. The van der Waals surface area contributed by atoms with Crippen LogP contribution in [-0.4, -0.2) is 18.9 Å². The molecule has 0 amide bonds. The van der Waals surface area contributed by atoms with Crippen LogP contribution in [0.1, 0.15) is 22.3 Å². The predicted octanol–water partition coefficient (Wildman–Crippen LogP) is 1.50. The first-order valence-corrected chi connectivity index (χ1v) is 4.59. The summed E-state index contributed by atoms with van der Waals surface area (Å²) in [6.07, 6.45) is 0.507. The van der Waals surface area contributed by atoms with E-state index in [1.807, 2.05) is 0 Å². The molecule has 0 aliphatic carbocycles. The number of rotatable bonds is 3. The molecule has 0 unspecified atom stereocenters. The van der Waals surface area contributed by atoms with Gasteiger partial charge in [0.15, 0.2) is 17.3 Å². The molecule has 4 heteroatoms. The van der Waals surface area contributed by atoms with Crippen LogP contribution in [0.3, 0.4) is 0 Å². The summed E-state index contributed by atoms with van der Waals surface area (Å²) in [5.41, 5.74) is 1.32. The fourth-order valence-electron chi connectivity index (χ4n) is 1.53. The van der Waals surface area contributed by atoms with Crippen molar-refractivity contribution in [3.05, 3.63) is 23.3 Å². The van der Waals surface area contributed by atoms with Crippen LogP contribution in [0.2, 0.25) is 0 Å². The number of hydrogen-bond acceptors (Lipinski definition) is 4. The summed E-state index contributed by atoms with van der Waals surface area (Å²) in [4.78, 5) is 21.8. The Labute approximate surface area is 86.8 Å². The van der Waals surface area contributed by atoms with E-state index in [1.165, 1.54) is 0 Å². The molecule has 0 atom stereocenters. The third kappa shape index (κ3) is 1.70. The molecule has 0 saturated carbocycles. The van der Waals surface area contributed by atoms with Crippen LogP contribution in [-0.2, 0) is 4.79 Å². The number of carbonyl (C=O) groups is 2. The molecule has 0 saturated heterocycles. The van der Waals surface area contributed by atoms with Gasteiger partial charge in [-0.3, -0.25) is 4.79 Å². The lowest BCUT2D eigenvalue weighted by Gasteiger charge is -2.04. The SMILES string of the molecule is Cc1cc2c(cc1C(=O)CC=O)OCO2. The Bertz CT molecular complexity index is 423. The van der Waals surface area contributed by atoms with Gasteiger partial charge in [0.2, 0.25) is 6.79 Å². The van der Waals surface area contributed by atoms with Crippen molar-refractivity contribution in [1.82, 2.24) is 0 Å². The van der Waals surface area contributed by atoms with Crippen molar-refractivity contribution >= 4 is 12.1 Å². The van der Waals surface area contributed by atoms with E-state index in [-0.39, 0.29) is 19.0 Å². The first-order chi connectivity index (χ1) is 7.22. The van der Waals surface area contributed by atoms with E-state index < -0.39 is 0 Å². The molecular formula is C11H10O4. The van der Waals surface area contributed by atoms with Crippen LogP contribution in [0.15, 0.2) is 12.1 Å². The van der Waals surface area contributed by atoms with Gasteiger partial charge in [-0.2, -0.15) is 0 Å². The highest BCUT2D eigenvalue weighted by atomic mass is 16.7. The van der Waals surface area contributed by atoms with Crippen molar-refractivity contribution < 1.29 is 19.1 Å². The monoisotopic (exact) mass is 206 g/mol. The molecule has 0 radical (unpaired) electrons. The first-order valence-electron chi connectivity index (χ1n) is 4.59. The molecule has 78 valence electrons. The van der Waals surface area contributed by atoms with Crippen molar-refractivity contribution in [2.45, 2.75) is 13.3 Å². The first kappa shape index (κ1) is 9.71. The molecule has 0 spiro atoms. The van der Waals surface area contributed by atoms with E-state index in [9.17, 15) is 9.59 Å².